The number of para-hydroxylation sites is 1. The smallest absolute Gasteiger partial charge is 0.399 e. The fraction of sp³-hybridized carbons (Fsp3) is 0.162. The Kier molecular flexibility index (Phi) is 5.16. The highest BCUT2D eigenvalue weighted by molar-refractivity contribution is 6.62. The first kappa shape index (κ1) is 24.5. The topological polar surface area (TPSA) is 31.4 Å². The van der Waals surface area contributed by atoms with Gasteiger partial charge in [0.15, 0.2) is 0 Å². The van der Waals surface area contributed by atoms with E-state index in [9.17, 15) is 0 Å². The number of fused-ring (bicyclic) bond motifs is 1. The summed E-state index contributed by atoms with van der Waals surface area (Å²) in [5.74, 6) is 0. The Morgan fingerprint density at radius 3 is 1.98 bits per heavy atom. The van der Waals surface area contributed by atoms with Gasteiger partial charge in [0.05, 0.1) is 16.7 Å². The molecule has 0 N–H and O–H groups in total. The molecule has 41 heavy (non-hydrogen) atoms. The Morgan fingerprint density at radius 2 is 1.20 bits per heavy atom. The highest BCUT2D eigenvalue weighted by Gasteiger charge is 2.51. The molecular weight excluding hydrogens is 501 g/mol. The molecule has 0 amide bonds. The highest BCUT2D eigenvalue weighted by Crippen LogP contribution is 2.41. The van der Waals surface area contributed by atoms with Gasteiger partial charge in [-0.2, -0.15) is 0 Å². The van der Waals surface area contributed by atoms with Crippen molar-refractivity contribution in [2.24, 2.45) is 0 Å². The van der Waals surface area contributed by atoms with Crippen molar-refractivity contribution in [1.29, 1.82) is 0 Å². The molecule has 0 saturated carbocycles. The average Bonchev–Trinajstić information content (AvgIpc) is 3.21. The summed E-state index contributed by atoms with van der Waals surface area (Å²) in [4.78, 5) is 4.78. The van der Waals surface area contributed by atoms with Gasteiger partial charge in [-0.25, -0.2) is 0 Å². The monoisotopic (exact) mass is 531 g/mol. The summed E-state index contributed by atoms with van der Waals surface area (Å²) in [6, 6.07) is 37.3. The van der Waals surface area contributed by atoms with Crippen molar-refractivity contribution in [2.75, 3.05) is 0 Å². The van der Waals surface area contributed by atoms with E-state index in [-0.39, 0.29) is 0 Å². The maximum Gasteiger partial charge on any atom is 0.494 e. The third-order valence-corrected chi connectivity index (χ3v) is 9.24. The lowest BCUT2D eigenvalue weighted by Crippen LogP contribution is -2.41. The quantitative estimate of drug-likeness (QED) is 0.169. The molecule has 8 rings (SSSR count). The first-order valence-corrected chi connectivity index (χ1v) is 14.3. The zero-order valence-electron chi connectivity index (χ0n) is 23.7. The molecule has 1 aliphatic heterocycles. The van der Waals surface area contributed by atoms with Crippen LogP contribution in [0.3, 0.4) is 0 Å². The van der Waals surface area contributed by atoms with E-state index in [1.54, 1.807) is 0 Å². The van der Waals surface area contributed by atoms with Crippen LogP contribution in [0.15, 0.2) is 109 Å². The van der Waals surface area contributed by atoms with E-state index in [0.717, 1.165) is 33.1 Å². The first-order valence-electron chi connectivity index (χ1n) is 14.3. The molecule has 0 radical (unpaired) electrons. The molecule has 7 aromatic rings. The predicted octanol–water partition coefficient (Wildman–Crippen LogP) is 8.77. The minimum Gasteiger partial charge on any atom is -0.399 e. The van der Waals surface area contributed by atoms with Crippen LogP contribution < -0.4 is 5.46 Å². The van der Waals surface area contributed by atoms with Crippen LogP contribution in [0, 0.1) is 0 Å². The molecule has 1 fully saturated rings. The van der Waals surface area contributed by atoms with Crippen LogP contribution in [0.1, 0.15) is 27.7 Å². The Morgan fingerprint density at radius 1 is 0.561 bits per heavy atom. The molecule has 198 valence electrons. The number of pyridine rings is 1. The first-order chi connectivity index (χ1) is 19.8. The second-order valence-electron chi connectivity index (χ2n) is 12.3. The van der Waals surface area contributed by atoms with Gasteiger partial charge in [0.25, 0.3) is 0 Å². The number of benzene rings is 6. The second-order valence-corrected chi connectivity index (χ2v) is 12.3. The van der Waals surface area contributed by atoms with Gasteiger partial charge in [0, 0.05) is 17.1 Å². The largest absolute Gasteiger partial charge is 0.494 e. The maximum atomic E-state index is 6.54. The van der Waals surface area contributed by atoms with Crippen molar-refractivity contribution in [3.63, 3.8) is 0 Å². The molecule has 4 heteroatoms. The zero-order valence-corrected chi connectivity index (χ0v) is 23.7. The number of nitrogens with zero attached hydrogens (tertiary/aromatic N) is 1. The van der Waals surface area contributed by atoms with E-state index in [4.69, 9.17) is 14.3 Å². The van der Waals surface area contributed by atoms with Gasteiger partial charge in [-0.15, -0.1) is 0 Å². The number of hydrogen-bond donors (Lipinski definition) is 0. The average molecular weight is 531 g/mol. The molecule has 0 aliphatic carbocycles. The summed E-state index contributed by atoms with van der Waals surface area (Å²) in [7, 11) is -0.466. The highest BCUT2D eigenvalue weighted by atomic mass is 16.7. The molecule has 3 nitrogen and oxygen atoms in total. The molecule has 1 saturated heterocycles. The molecule has 0 atom stereocenters. The van der Waals surface area contributed by atoms with Crippen molar-refractivity contribution in [2.45, 2.75) is 38.9 Å². The van der Waals surface area contributed by atoms with Crippen molar-refractivity contribution in [1.82, 2.24) is 4.98 Å². The standard InChI is InChI=1S/C37H30BNO2/c1-36(2)37(3,4)41-38(40-36)30-20-27(29-18-26-8-5-6-11-33(26)39-22-29)19-28(21-30)31-16-14-25-13-12-23-9-7-10-24-15-17-32(31)35(25)34(23)24/h5-22H,1-4H3. The van der Waals surface area contributed by atoms with Crippen molar-refractivity contribution in [3.05, 3.63) is 109 Å². The second kappa shape index (κ2) is 8.63. The Bertz CT molecular complexity index is 2100. The maximum absolute atomic E-state index is 6.54. The van der Waals surface area contributed by atoms with Crippen LogP contribution in [-0.4, -0.2) is 23.3 Å². The van der Waals surface area contributed by atoms with Gasteiger partial charge in [-0.3, -0.25) is 4.98 Å². The predicted molar refractivity (Wildman–Crippen MR) is 172 cm³/mol. The van der Waals surface area contributed by atoms with E-state index in [1.165, 1.54) is 37.9 Å². The number of aromatic nitrogens is 1. The van der Waals surface area contributed by atoms with Crippen molar-refractivity contribution in [3.8, 4) is 22.3 Å². The van der Waals surface area contributed by atoms with Gasteiger partial charge in [0.1, 0.15) is 0 Å². The number of hydrogen-bond acceptors (Lipinski definition) is 3. The van der Waals surface area contributed by atoms with Gasteiger partial charge < -0.3 is 9.31 Å². The molecule has 2 heterocycles. The third kappa shape index (κ3) is 3.78. The third-order valence-electron chi connectivity index (χ3n) is 9.24. The summed E-state index contributed by atoms with van der Waals surface area (Å²) < 4.78 is 13.1. The molecule has 1 aromatic heterocycles. The van der Waals surface area contributed by atoms with Crippen LogP contribution in [0.25, 0.3) is 65.5 Å². The van der Waals surface area contributed by atoms with Gasteiger partial charge in [0.2, 0.25) is 0 Å². The molecule has 1 aliphatic rings. The van der Waals surface area contributed by atoms with E-state index >= 15 is 0 Å². The number of rotatable bonds is 3. The van der Waals surface area contributed by atoms with E-state index in [0.29, 0.717) is 0 Å². The van der Waals surface area contributed by atoms with Crippen LogP contribution in [0.5, 0.6) is 0 Å². The van der Waals surface area contributed by atoms with Crippen LogP contribution in [0.2, 0.25) is 0 Å². The molecule has 0 spiro atoms. The molecular formula is C37H30BNO2. The summed E-state index contributed by atoms with van der Waals surface area (Å²) in [5.41, 5.74) is 5.65. The van der Waals surface area contributed by atoms with Crippen molar-refractivity contribution < 1.29 is 9.31 Å². The minimum atomic E-state index is -0.466. The van der Waals surface area contributed by atoms with E-state index < -0.39 is 18.3 Å². The van der Waals surface area contributed by atoms with E-state index in [2.05, 4.69) is 125 Å². The van der Waals surface area contributed by atoms with Gasteiger partial charge in [-0.1, -0.05) is 84.9 Å². The van der Waals surface area contributed by atoms with Crippen LogP contribution in [-0.2, 0) is 9.31 Å². The normalized spacial score (nSPS) is 16.4. The SMILES string of the molecule is CC1(C)OB(c2cc(-c3cnc4ccccc4c3)cc(-c3ccc4ccc5cccc6ccc3c4c56)c2)OC1(C)C. The van der Waals surface area contributed by atoms with Crippen LogP contribution >= 0.6 is 0 Å². The lowest BCUT2D eigenvalue weighted by atomic mass is 9.76. The Hall–Kier alpha value is -4.25. The fourth-order valence-electron chi connectivity index (χ4n) is 6.30. The Labute approximate surface area is 240 Å². The summed E-state index contributed by atoms with van der Waals surface area (Å²) in [5, 5.41) is 8.81. The molecule has 0 bridgehead atoms. The van der Waals surface area contributed by atoms with Gasteiger partial charge >= 0.3 is 7.12 Å². The summed E-state index contributed by atoms with van der Waals surface area (Å²) in [6.07, 6.45) is 1.97. The zero-order chi connectivity index (χ0) is 27.9. The lowest BCUT2D eigenvalue weighted by Gasteiger charge is -2.32. The van der Waals surface area contributed by atoms with Crippen LogP contribution in [0.4, 0.5) is 0 Å². The summed E-state index contributed by atoms with van der Waals surface area (Å²) >= 11 is 0. The molecule has 6 aromatic carbocycles. The van der Waals surface area contributed by atoms with Crippen molar-refractivity contribution >= 4 is 55.8 Å². The minimum absolute atomic E-state index is 0.425. The van der Waals surface area contributed by atoms with Gasteiger partial charge in [-0.05, 0) is 100 Å². The lowest BCUT2D eigenvalue weighted by molar-refractivity contribution is 0.00578. The van der Waals surface area contributed by atoms with E-state index in [1.807, 2.05) is 12.3 Å². The Balaban J connectivity index is 1.37. The molecule has 0 unspecified atom stereocenters. The fourth-order valence-corrected chi connectivity index (χ4v) is 6.30. The summed E-state index contributed by atoms with van der Waals surface area (Å²) in [6.45, 7) is 8.41.